The monoisotopic (exact) mass is 516 g/mol. The lowest BCUT2D eigenvalue weighted by atomic mass is 9.82. The zero-order chi connectivity index (χ0) is 26.6. The Morgan fingerprint density at radius 2 is 1.95 bits per heavy atom. The number of aryl methyl sites for hydroxylation is 1. The fraction of sp³-hybridized carbons (Fsp3) is 0.429. The molecule has 6 nitrogen and oxygen atoms in total. The van der Waals surface area contributed by atoms with Crippen LogP contribution in [0.4, 0.5) is 13.2 Å². The number of esters is 1. The van der Waals surface area contributed by atoms with Crippen LogP contribution >= 0.6 is 0 Å². The van der Waals surface area contributed by atoms with Gasteiger partial charge in [-0.2, -0.15) is 13.2 Å². The van der Waals surface area contributed by atoms with E-state index in [4.69, 9.17) is 13.9 Å². The van der Waals surface area contributed by atoms with Gasteiger partial charge in [0.05, 0.1) is 17.6 Å². The third-order valence-corrected chi connectivity index (χ3v) is 6.58. The molecule has 1 saturated heterocycles. The summed E-state index contributed by atoms with van der Waals surface area (Å²) in [6.07, 6.45) is -2.65. The first kappa shape index (κ1) is 26.7. The van der Waals surface area contributed by atoms with Gasteiger partial charge in [0.25, 0.3) is 0 Å². The van der Waals surface area contributed by atoms with Crippen molar-refractivity contribution in [2.45, 2.75) is 52.9 Å². The van der Waals surface area contributed by atoms with Crippen molar-refractivity contribution in [1.82, 2.24) is 9.88 Å². The number of hydrogen-bond acceptors (Lipinski definition) is 6. The van der Waals surface area contributed by atoms with E-state index in [1.807, 2.05) is 38.1 Å². The minimum Gasteiger partial charge on any atom is -0.487 e. The van der Waals surface area contributed by atoms with Crippen LogP contribution in [0.3, 0.4) is 0 Å². The molecule has 4 rings (SSSR count). The fourth-order valence-electron chi connectivity index (χ4n) is 4.58. The summed E-state index contributed by atoms with van der Waals surface area (Å²) in [5, 5.41) is 0. The predicted molar refractivity (Wildman–Crippen MR) is 132 cm³/mol. The number of oxazole rings is 1. The predicted octanol–water partition coefficient (Wildman–Crippen LogP) is 6.41. The van der Waals surface area contributed by atoms with E-state index in [2.05, 4.69) is 9.88 Å². The average Bonchev–Trinajstić information content (AvgIpc) is 3.23. The Labute approximate surface area is 214 Å². The van der Waals surface area contributed by atoms with Gasteiger partial charge in [-0.05, 0) is 82.1 Å². The molecule has 3 aromatic rings. The van der Waals surface area contributed by atoms with Crippen molar-refractivity contribution < 1.29 is 31.9 Å². The summed E-state index contributed by atoms with van der Waals surface area (Å²) in [6, 6.07) is 12.5. The number of aromatic nitrogens is 1. The smallest absolute Gasteiger partial charge is 0.416 e. The van der Waals surface area contributed by atoms with Crippen molar-refractivity contribution in [3.8, 4) is 17.2 Å². The molecule has 1 fully saturated rings. The van der Waals surface area contributed by atoms with E-state index in [9.17, 15) is 18.0 Å². The van der Waals surface area contributed by atoms with Crippen molar-refractivity contribution in [2.24, 2.45) is 5.41 Å². The Bertz CT molecular complexity index is 1220. The Morgan fingerprint density at radius 3 is 2.65 bits per heavy atom. The number of benzene rings is 2. The third-order valence-electron chi connectivity index (χ3n) is 6.58. The van der Waals surface area contributed by atoms with Gasteiger partial charge in [-0.1, -0.05) is 12.1 Å². The van der Waals surface area contributed by atoms with Crippen LogP contribution < -0.4 is 4.74 Å². The van der Waals surface area contributed by atoms with Crippen molar-refractivity contribution >= 4 is 5.97 Å². The summed E-state index contributed by atoms with van der Waals surface area (Å²) < 4.78 is 55.4. The molecule has 0 N–H and O–H groups in total. The molecule has 1 unspecified atom stereocenters. The number of carbonyl (C=O) groups excluding carboxylic acids is 1. The SMILES string of the molecule is CCOC(=O)C1(C)CCCN(Cc2cccc(OCc3nc(-c4ccc(C(F)(F)F)cc4)oc3C)c2)C1. The van der Waals surface area contributed by atoms with Crippen LogP contribution in [0.2, 0.25) is 0 Å². The summed E-state index contributed by atoms with van der Waals surface area (Å²) in [5.74, 6) is 1.31. The number of ether oxygens (including phenoxy) is 2. The van der Waals surface area contributed by atoms with Crippen LogP contribution in [-0.2, 0) is 28.9 Å². The van der Waals surface area contributed by atoms with Crippen molar-refractivity contribution in [1.29, 1.82) is 0 Å². The first-order valence-electron chi connectivity index (χ1n) is 12.3. The van der Waals surface area contributed by atoms with Crippen LogP contribution in [0, 0.1) is 12.3 Å². The van der Waals surface area contributed by atoms with E-state index in [1.165, 1.54) is 12.1 Å². The van der Waals surface area contributed by atoms with Gasteiger partial charge in [0.15, 0.2) is 0 Å². The molecule has 0 bridgehead atoms. The third kappa shape index (κ3) is 6.52. The molecule has 1 atom stereocenters. The molecule has 0 aliphatic carbocycles. The van der Waals surface area contributed by atoms with E-state index in [0.717, 1.165) is 37.1 Å². The molecular formula is C28H31F3N2O4. The maximum Gasteiger partial charge on any atom is 0.416 e. The number of alkyl halides is 3. The number of hydrogen-bond donors (Lipinski definition) is 0. The van der Waals surface area contributed by atoms with Gasteiger partial charge in [0.2, 0.25) is 5.89 Å². The molecule has 0 amide bonds. The fourth-order valence-corrected chi connectivity index (χ4v) is 4.58. The van der Waals surface area contributed by atoms with Gasteiger partial charge in [0.1, 0.15) is 23.8 Å². The second-order valence-electron chi connectivity index (χ2n) is 9.63. The van der Waals surface area contributed by atoms with Crippen molar-refractivity contribution in [2.75, 3.05) is 19.7 Å². The largest absolute Gasteiger partial charge is 0.487 e. The number of halogens is 3. The second kappa shape index (κ2) is 11.0. The van der Waals surface area contributed by atoms with Gasteiger partial charge in [-0.3, -0.25) is 9.69 Å². The zero-order valence-corrected chi connectivity index (χ0v) is 21.2. The lowest BCUT2D eigenvalue weighted by Gasteiger charge is -2.38. The number of carbonyl (C=O) groups is 1. The standard InChI is InChI=1S/C28H31F3N2O4/c1-4-35-26(34)27(3)13-6-14-33(18-27)16-20-7-5-8-23(15-20)36-17-24-19(2)37-25(32-24)21-9-11-22(12-10-21)28(29,30)31/h5,7-12,15H,4,6,13-14,16-18H2,1-3H3. The molecule has 1 aliphatic rings. The molecule has 0 saturated carbocycles. The van der Waals surface area contributed by atoms with Crippen LogP contribution in [0.1, 0.15) is 49.3 Å². The topological polar surface area (TPSA) is 64.8 Å². The van der Waals surface area contributed by atoms with E-state index in [-0.39, 0.29) is 18.5 Å². The first-order valence-corrected chi connectivity index (χ1v) is 12.3. The lowest BCUT2D eigenvalue weighted by molar-refractivity contribution is -0.157. The van der Waals surface area contributed by atoms with Gasteiger partial charge in [0, 0.05) is 18.7 Å². The highest BCUT2D eigenvalue weighted by atomic mass is 19.4. The molecule has 198 valence electrons. The molecule has 1 aromatic heterocycles. The highest BCUT2D eigenvalue weighted by Gasteiger charge is 2.39. The van der Waals surface area contributed by atoms with Crippen LogP contribution in [0.5, 0.6) is 5.75 Å². The molecule has 2 heterocycles. The Morgan fingerprint density at radius 1 is 1.19 bits per heavy atom. The van der Waals surface area contributed by atoms with Crippen molar-refractivity contribution in [3.05, 3.63) is 71.1 Å². The Balaban J connectivity index is 1.38. The molecule has 2 aromatic carbocycles. The number of nitrogens with zero attached hydrogens (tertiary/aromatic N) is 2. The van der Waals surface area contributed by atoms with E-state index < -0.39 is 17.2 Å². The number of likely N-dealkylation sites (tertiary alicyclic amines) is 1. The normalized spacial score (nSPS) is 18.5. The van der Waals surface area contributed by atoms with Crippen LogP contribution in [-0.4, -0.2) is 35.5 Å². The highest BCUT2D eigenvalue weighted by molar-refractivity contribution is 5.76. The van der Waals surface area contributed by atoms with Gasteiger partial charge in [-0.25, -0.2) is 4.98 Å². The van der Waals surface area contributed by atoms with E-state index >= 15 is 0 Å². The zero-order valence-electron chi connectivity index (χ0n) is 21.2. The molecule has 37 heavy (non-hydrogen) atoms. The molecule has 9 heteroatoms. The van der Waals surface area contributed by atoms with Crippen LogP contribution in [0.15, 0.2) is 52.9 Å². The van der Waals surface area contributed by atoms with Crippen molar-refractivity contribution in [3.63, 3.8) is 0 Å². The van der Waals surface area contributed by atoms with Gasteiger partial charge < -0.3 is 13.9 Å². The molecule has 1 aliphatic heterocycles. The Kier molecular flexibility index (Phi) is 7.92. The minimum atomic E-state index is -4.40. The second-order valence-corrected chi connectivity index (χ2v) is 9.63. The summed E-state index contributed by atoms with van der Waals surface area (Å²) in [5.41, 5.74) is 0.866. The van der Waals surface area contributed by atoms with Gasteiger partial charge in [-0.15, -0.1) is 0 Å². The number of piperidine rings is 1. The summed E-state index contributed by atoms with van der Waals surface area (Å²) in [6.45, 7) is 8.31. The maximum absolute atomic E-state index is 12.8. The van der Waals surface area contributed by atoms with E-state index in [1.54, 1.807) is 6.92 Å². The first-order chi connectivity index (χ1) is 17.6. The maximum atomic E-state index is 12.8. The molecule has 0 radical (unpaired) electrons. The minimum absolute atomic E-state index is 0.143. The average molecular weight is 517 g/mol. The summed E-state index contributed by atoms with van der Waals surface area (Å²) >= 11 is 0. The van der Waals surface area contributed by atoms with Crippen LogP contribution in [0.25, 0.3) is 11.5 Å². The number of rotatable bonds is 8. The quantitative estimate of drug-likeness (QED) is 0.322. The van der Waals surface area contributed by atoms with E-state index in [0.29, 0.717) is 42.5 Å². The molecule has 0 spiro atoms. The Hall–Kier alpha value is -3.33. The molecular weight excluding hydrogens is 485 g/mol. The summed E-state index contributed by atoms with van der Waals surface area (Å²) in [4.78, 5) is 19.1. The summed E-state index contributed by atoms with van der Waals surface area (Å²) in [7, 11) is 0. The van der Waals surface area contributed by atoms with Gasteiger partial charge >= 0.3 is 12.1 Å². The lowest BCUT2D eigenvalue weighted by Crippen LogP contribution is -2.46. The highest BCUT2D eigenvalue weighted by Crippen LogP contribution is 2.33.